The third-order valence-electron chi connectivity index (χ3n) is 4.13. The quantitative estimate of drug-likeness (QED) is 0.854. The van der Waals surface area contributed by atoms with Gasteiger partial charge in [-0.05, 0) is 23.8 Å². The Balaban J connectivity index is 1.67. The average Bonchev–Trinajstić information content (AvgIpc) is 2.62. The number of halogens is 3. The average molecular weight is 347 g/mol. The first-order valence-corrected chi connectivity index (χ1v) is 7.82. The molecule has 0 saturated carbocycles. The van der Waals surface area contributed by atoms with Crippen molar-refractivity contribution in [3.63, 3.8) is 0 Å². The molecule has 0 unspecified atom stereocenters. The van der Waals surface area contributed by atoms with E-state index in [1.165, 1.54) is 12.1 Å². The first kappa shape index (κ1) is 17.2. The molecule has 8 heteroatoms. The lowest BCUT2D eigenvalue weighted by molar-refractivity contribution is -0.142. The first-order chi connectivity index (χ1) is 12.0. The zero-order chi connectivity index (χ0) is 17.9. The van der Waals surface area contributed by atoms with Crippen LogP contribution in [0.15, 0.2) is 36.7 Å². The Bertz CT molecular complexity index is 776. The minimum Gasteiger partial charge on any atom is -0.353 e. The van der Waals surface area contributed by atoms with Gasteiger partial charge in [0.15, 0.2) is 0 Å². The van der Waals surface area contributed by atoms with Crippen LogP contribution in [0.4, 0.5) is 19.0 Å². The monoisotopic (exact) mass is 347 g/mol. The summed E-state index contributed by atoms with van der Waals surface area (Å²) in [6.07, 6.45) is -1.66. The highest BCUT2D eigenvalue weighted by atomic mass is 19.4. The molecular formula is C17H16F3N5. The molecule has 0 bridgehead atoms. The third-order valence-corrected chi connectivity index (χ3v) is 4.13. The zero-order valence-corrected chi connectivity index (χ0v) is 13.4. The highest BCUT2D eigenvalue weighted by molar-refractivity contribution is 5.53. The summed E-state index contributed by atoms with van der Waals surface area (Å²) in [7, 11) is 0. The molecule has 5 nitrogen and oxygen atoms in total. The van der Waals surface area contributed by atoms with E-state index in [1.807, 2.05) is 9.80 Å². The van der Waals surface area contributed by atoms with E-state index in [-0.39, 0.29) is 12.1 Å². The lowest BCUT2D eigenvalue weighted by atomic mass is 10.1. The van der Waals surface area contributed by atoms with Gasteiger partial charge in [0, 0.05) is 45.1 Å². The van der Waals surface area contributed by atoms with E-state index in [4.69, 9.17) is 5.26 Å². The fourth-order valence-electron chi connectivity index (χ4n) is 2.92. The van der Waals surface area contributed by atoms with E-state index >= 15 is 0 Å². The number of hydrogen-bond donors (Lipinski definition) is 0. The molecule has 0 radical (unpaired) electrons. The predicted molar refractivity (Wildman–Crippen MR) is 85.7 cm³/mol. The van der Waals surface area contributed by atoms with Crippen molar-refractivity contribution in [3.05, 3.63) is 53.5 Å². The lowest BCUT2D eigenvalue weighted by Gasteiger charge is -2.35. The maximum Gasteiger partial charge on any atom is 0.433 e. The van der Waals surface area contributed by atoms with Gasteiger partial charge in [0.25, 0.3) is 0 Å². The summed E-state index contributed by atoms with van der Waals surface area (Å²) >= 11 is 0. The Hall–Kier alpha value is -2.66. The fraction of sp³-hybridized carbons (Fsp3) is 0.353. The number of pyridine rings is 2. The molecule has 3 heterocycles. The van der Waals surface area contributed by atoms with Crippen molar-refractivity contribution in [1.82, 2.24) is 14.9 Å². The number of rotatable bonds is 3. The van der Waals surface area contributed by atoms with E-state index in [2.05, 4.69) is 16.0 Å². The van der Waals surface area contributed by atoms with Gasteiger partial charge in [-0.1, -0.05) is 6.07 Å². The van der Waals surface area contributed by atoms with Gasteiger partial charge in [0.2, 0.25) is 0 Å². The molecule has 2 aromatic heterocycles. The van der Waals surface area contributed by atoms with E-state index in [0.717, 1.165) is 6.20 Å². The van der Waals surface area contributed by atoms with Gasteiger partial charge in [0.1, 0.15) is 17.6 Å². The molecule has 0 spiro atoms. The summed E-state index contributed by atoms with van der Waals surface area (Å²) in [5, 5.41) is 9.16. The molecular weight excluding hydrogens is 331 g/mol. The van der Waals surface area contributed by atoms with Crippen LogP contribution in [0.3, 0.4) is 0 Å². The SMILES string of the molecule is N#Cc1cccnc1N1CCN(Cc2cccnc2C(F)(F)F)CC1. The summed E-state index contributed by atoms with van der Waals surface area (Å²) in [4.78, 5) is 11.7. The molecule has 2 aromatic rings. The van der Waals surface area contributed by atoms with Gasteiger partial charge in [0.05, 0.1) is 5.56 Å². The van der Waals surface area contributed by atoms with Gasteiger partial charge in [-0.2, -0.15) is 18.4 Å². The highest BCUT2D eigenvalue weighted by Gasteiger charge is 2.35. The Labute approximate surface area is 143 Å². The fourth-order valence-corrected chi connectivity index (χ4v) is 2.92. The number of piperazine rings is 1. The molecule has 0 atom stereocenters. The summed E-state index contributed by atoms with van der Waals surface area (Å²) in [5.41, 5.74) is -0.143. The van der Waals surface area contributed by atoms with Crippen LogP contribution in [-0.4, -0.2) is 41.0 Å². The van der Waals surface area contributed by atoms with Crippen LogP contribution in [0.1, 0.15) is 16.8 Å². The van der Waals surface area contributed by atoms with Crippen LogP contribution in [0.5, 0.6) is 0 Å². The van der Waals surface area contributed by atoms with Crippen molar-refractivity contribution in [2.24, 2.45) is 0 Å². The van der Waals surface area contributed by atoms with Crippen LogP contribution in [0.2, 0.25) is 0 Å². The number of hydrogen-bond acceptors (Lipinski definition) is 5. The van der Waals surface area contributed by atoms with Crippen LogP contribution in [-0.2, 0) is 12.7 Å². The Kier molecular flexibility index (Phi) is 4.86. The molecule has 0 N–H and O–H groups in total. The third kappa shape index (κ3) is 3.88. The number of aromatic nitrogens is 2. The predicted octanol–water partition coefficient (Wildman–Crippen LogP) is 2.69. The summed E-state index contributed by atoms with van der Waals surface area (Å²) < 4.78 is 39.1. The van der Waals surface area contributed by atoms with Gasteiger partial charge in [-0.15, -0.1) is 0 Å². The number of nitriles is 1. The van der Waals surface area contributed by atoms with Crippen LogP contribution >= 0.6 is 0 Å². The van der Waals surface area contributed by atoms with Crippen molar-refractivity contribution in [2.45, 2.75) is 12.7 Å². The molecule has 25 heavy (non-hydrogen) atoms. The largest absolute Gasteiger partial charge is 0.433 e. The molecule has 0 aromatic carbocycles. The van der Waals surface area contributed by atoms with E-state index < -0.39 is 11.9 Å². The highest BCUT2D eigenvalue weighted by Crippen LogP contribution is 2.30. The van der Waals surface area contributed by atoms with Crippen molar-refractivity contribution < 1.29 is 13.2 Å². The normalized spacial score (nSPS) is 15.8. The standard InChI is InChI=1S/C17H16F3N5/c18-17(19,20)15-14(4-2-5-22-15)12-24-7-9-25(10-8-24)16-13(11-21)3-1-6-23-16/h1-6H,7-10,12H2. The zero-order valence-electron chi connectivity index (χ0n) is 13.4. The van der Waals surface area contributed by atoms with Crippen molar-refractivity contribution >= 4 is 5.82 Å². The van der Waals surface area contributed by atoms with Crippen LogP contribution < -0.4 is 4.90 Å². The minimum absolute atomic E-state index is 0.180. The molecule has 0 aliphatic carbocycles. The van der Waals surface area contributed by atoms with Crippen molar-refractivity contribution in [3.8, 4) is 6.07 Å². The molecule has 3 rings (SSSR count). The van der Waals surface area contributed by atoms with Gasteiger partial charge < -0.3 is 4.90 Å². The van der Waals surface area contributed by atoms with E-state index in [1.54, 1.807) is 18.3 Å². The number of anilines is 1. The molecule has 0 amide bonds. The minimum atomic E-state index is -4.45. The Morgan fingerprint density at radius 3 is 2.40 bits per heavy atom. The Morgan fingerprint density at radius 2 is 1.72 bits per heavy atom. The topological polar surface area (TPSA) is 56.1 Å². The molecule has 1 aliphatic rings. The molecule has 1 saturated heterocycles. The second-order valence-corrected chi connectivity index (χ2v) is 5.76. The molecule has 1 fully saturated rings. The van der Waals surface area contributed by atoms with Gasteiger partial charge >= 0.3 is 6.18 Å². The van der Waals surface area contributed by atoms with Crippen LogP contribution in [0, 0.1) is 11.3 Å². The van der Waals surface area contributed by atoms with Crippen molar-refractivity contribution in [2.75, 3.05) is 31.1 Å². The van der Waals surface area contributed by atoms with E-state index in [0.29, 0.717) is 37.6 Å². The summed E-state index contributed by atoms with van der Waals surface area (Å²) in [5.74, 6) is 0.627. The number of alkyl halides is 3. The first-order valence-electron chi connectivity index (χ1n) is 7.82. The number of nitrogens with zero attached hydrogens (tertiary/aromatic N) is 5. The van der Waals surface area contributed by atoms with Gasteiger partial charge in [-0.3, -0.25) is 9.88 Å². The lowest BCUT2D eigenvalue weighted by Crippen LogP contribution is -2.46. The maximum atomic E-state index is 13.0. The molecule has 130 valence electrons. The smallest absolute Gasteiger partial charge is 0.353 e. The van der Waals surface area contributed by atoms with Gasteiger partial charge in [-0.25, -0.2) is 4.98 Å². The van der Waals surface area contributed by atoms with Crippen LogP contribution in [0.25, 0.3) is 0 Å². The summed E-state index contributed by atoms with van der Waals surface area (Å²) in [6.45, 7) is 2.59. The second-order valence-electron chi connectivity index (χ2n) is 5.76. The maximum absolute atomic E-state index is 13.0. The van der Waals surface area contributed by atoms with Crippen molar-refractivity contribution in [1.29, 1.82) is 5.26 Å². The van der Waals surface area contributed by atoms with E-state index in [9.17, 15) is 13.2 Å². The molecule has 1 aliphatic heterocycles. The Morgan fingerprint density at radius 1 is 1.04 bits per heavy atom. The second kappa shape index (κ2) is 7.07. The summed E-state index contributed by atoms with van der Waals surface area (Å²) in [6, 6.07) is 8.52.